The monoisotopic (exact) mass is 512 g/mol. The van der Waals surface area contributed by atoms with Crippen LogP contribution in [0.15, 0.2) is 48.5 Å². The minimum atomic E-state index is -0.957. The van der Waals surface area contributed by atoms with Crippen LogP contribution in [0.3, 0.4) is 0 Å². The van der Waals surface area contributed by atoms with Crippen LogP contribution >= 0.6 is 11.6 Å². The molecule has 0 radical (unpaired) electrons. The van der Waals surface area contributed by atoms with Crippen molar-refractivity contribution in [2.45, 2.75) is 44.6 Å². The van der Waals surface area contributed by atoms with Crippen molar-refractivity contribution in [3.8, 4) is 0 Å². The molecule has 8 nitrogen and oxygen atoms in total. The van der Waals surface area contributed by atoms with Crippen LogP contribution in [0.4, 0.5) is 0 Å². The van der Waals surface area contributed by atoms with Crippen LogP contribution in [0.5, 0.6) is 0 Å². The molecule has 2 aromatic carbocycles. The van der Waals surface area contributed by atoms with E-state index in [9.17, 15) is 14.4 Å². The lowest BCUT2D eigenvalue weighted by Gasteiger charge is -2.40. The first-order chi connectivity index (χ1) is 17.0. The third kappa shape index (κ3) is 6.63. The van der Waals surface area contributed by atoms with Gasteiger partial charge in [0.15, 0.2) is 0 Å². The Morgan fingerprint density at radius 3 is 2.31 bits per heavy atom. The van der Waals surface area contributed by atoms with Gasteiger partial charge in [-0.1, -0.05) is 35.9 Å². The molecule has 1 aliphatic heterocycles. The number of likely N-dealkylation sites (tertiary alicyclic amines) is 1. The van der Waals surface area contributed by atoms with E-state index < -0.39 is 11.5 Å². The predicted molar refractivity (Wildman–Crippen MR) is 139 cm³/mol. The molecule has 1 heterocycles. The molecule has 0 spiro atoms. The second kappa shape index (κ2) is 11.6. The van der Waals surface area contributed by atoms with Crippen LogP contribution in [0, 0.1) is 11.3 Å². The zero-order chi connectivity index (χ0) is 26.5. The van der Waals surface area contributed by atoms with Crippen molar-refractivity contribution in [2.75, 3.05) is 20.2 Å². The summed E-state index contributed by atoms with van der Waals surface area (Å²) in [6, 6.07) is 13.6. The fourth-order valence-corrected chi connectivity index (χ4v) is 4.85. The SMILES string of the molecule is COC(=O)CC1CCN(C(=O)C(c2cccc(Cl)c2)C(C)(C)NC(=O)c2ccc(C(=N)N)cc2)CC1. The Labute approximate surface area is 216 Å². The van der Waals surface area contributed by atoms with Gasteiger partial charge in [0.05, 0.1) is 18.6 Å². The second-order valence-corrected chi connectivity index (χ2v) is 10.1. The number of carbonyl (C=O) groups is 3. The molecule has 9 heteroatoms. The molecular weight excluding hydrogens is 480 g/mol. The number of rotatable bonds is 8. The molecule has 1 atom stereocenters. The number of piperidine rings is 1. The number of nitrogen functional groups attached to an aromatic ring is 1. The predicted octanol–water partition coefficient (Wildman–Crippen LogP) is 3.72. The van der Waals surface area contributed by atoms with E-state index in [1.807, 2.05) is 19.9 Å². The Kier molecular flexibility index (Phi) is 8.74. The summed E-state index contributed by atoms with van der Waals surface area (Å²) < 4.78 is 4.78. The molecule has 4 N–H and O–H groups in total. The number of esters is 1. The highest BCUT2D eigenvalue weighted by Crippen LogP contribution is 2.34. The molecule has 1 fully saturated rings. The Morgan fingerprint density at radius 2 is 1.75 bits per heavy atom. The summed E-state index contributed by atoms with van der Waals surface area (Å²) in [5.41, 5.74) is 6.18. The average Bonchev–Trinajstić information content (AvgIpc) is 2.84. The number of benzene rings is 2. The number of methoxy groups -OCH3 is 1. The van der Waals surface area contributed by atoms with Crippen molar-refractivity contribution < 1.29 is 19.1 Å². The van der Waals surface area contributed by atoms with Gasteiger partial charge in [-0.05, 0) is 62.4 Å². The number of hydrogen-bond donors (Lipinski definition) is 3. The first-order valence-electron chi connectivity index (χ1n) is 11.9. The van der Waals surface area contributed by atoms with Crippen LogP contribution in [0.1, 0.15) is 60.5 Å². The number of nitrogens with zero attached hydrogens (tertiary/aromatic N) is 1. The number of ether oxygens (including phenoxy) is 1. The summed E-state index contributed by atoms with van der Waals surface area (Å²) in [4.78, 5) is 40.5. The number of nitrogens with two attached hydrogens (primary N) is 1. The first kappa shape index (κ1) is 27.2. The molecule has 1 aliphatic rings. The standard InChI is InChI=1S/C27H33ClN4O4/c1-27(2,31-25(34)19-9-7-18(8-10-19)24(29)30)23(20-5-4-6-21(28)16-20)26(35)32-13-11-17(12-14-32)15-22(33)36-3/h4-10,16-17,23H,11-15H2,1-3H3,(H3,29,30)(H,31,34). The number of amides is 2. The van der Waals surface area contributed by atoms with Gasteiger partial charge in [-0.25, -0.2) is 0 Å². The van der Waals surface area contributed by atoms with Crippen LogP contribution in [0.25, 0.3) is 0 Å². The normalized spacial score (nSPS) is 15.2. The van der Waals surface area contributed by atoms with E-state index in [2.05, 4.69) is 5.32 Å². The fraction of sp³-hybridized carbons (Fsp3) is 0.407. The molecule has 0 aliphatic carbocycles. The molecule has 0 saturated carbocycles. The highest BCUT2D eigenvalue weighted by molar-refractivity contribution is 6.30. The maximum atomic E-state index is 13.9. The third-order valence-corrected chi connectivity index (χ3v) is 6.89. The molecule has 36 heavy (non-hydrogen) atoms. The summed E-state index contributed by atoms with van der Waals surface area (Å²) in [6.07, 6.45) is 1.76. The molecule has 1 unspecified atom stereocenters. The van der Waals surface area contributed by atoms with Crippen molar-refractivity contribution in [3.05, 3.63) is 70.2 Å². The van der Waals surface area contributed by atoms with Crippen molar-refractivity contribution in [3.63, 3.8) is 0 Å². The number of halogens is 1. The topological polar surface area (TPSA) is 126 Å². The molecule has 0 bridgehead atoms. The van der Waals surface area contributed by atoms with Gasteiger partial charge in [0.25, 0.3) is 5.91 Å². The minimum absolute atomic E-state index is 0.0794. The zero-order valence-electron chi connectivity index (χ0n) is 20.8. The lowest BCUT2D eigenvalue weighted by Crippen LogP contribution is -2.54. The van der Waals surface area contributed by atoms with E-state index in [1.165, 1.54) is 7.11 Å². The average molecular weight is 513 g/mol. The van der Waals surface area contributed by atoms with Gasteiger partial charge in [0.2, 0.25) is 5.91 Å². The summed E-state index contributed by atoms with van der Waals surface area (Å²) in [7, 11) is 1.38. The van der Waals surface area contributed by atoms with E-state index in [0.29, 0.717) is 54.1 Å². The maximum Gasteiger partial charge on any atom is 0.305 e. The van der Waals surface area contributed by atoms with Crippen molar-refractivity contribution in [1.29, 1.82) is 5.41 Å². The third-order valence-electron chi connectivity index (χ3n) is 6.65. The number of hydrogen-bond acceptors (Lipinski definition) is 5. The van der Waals surface area contributed by atoms with Crippen LogP contribution < -0.4 is 11.1 Å². The van der Waals surface area contributed by atoms with Gasteiger partial charge >= 0.3 is 5.97 Å². The molecule has 2 aromatic rings. The number of amidine groups is 1. The summed E-state index contributed by atoms with van der Waals surface area (Å²) in [5, 5.41) is 11.1. The molecule has 3 rings (SSSR count). The summed E-state index contributed by atoms with van der Waals surface area (Å²) in [5.74, 6) is -1.27. The molecule has 192 valence electrons. The van der Waals surface area contributed by atoms with E-state index >= 15 is 0 Å². The largest absolute Gasteiger partial charge is 0.469 e. The highest BCUT2D eigenvalue weighted by Gasteiger charge is 2.41. The highest BCUT2D eigenvalue weighted by atomic mass is 35.5. The smallest absolute Gasteiger partial charge is 0.305 e. The molecule has 1 saturated heterocycles. The van der Waals surface area contributed by atoms with Gasteiger partial charge in [0, 0.05) is 35.7 Å². The Morgan fingerprint density at radius 1 is 1.14 bits per heavy atom. The number of nitrogens with one attached hydrogen (secondary N) is 2. The van der Waals surface area contributed by atoms with Crippen LogP contribution in [0.2, 0.25) is 5.02 Å². The van der Waals surface area contributed by atoms with E-state index in [0.717, 1.165) is 0 Å². The fourth-order valence-electron chi connectivity index (χ4n) is 4.65. The van der Waals surface area contributed by atoms with E-state index in [1.54, 1.807) is 47.4 Å². The molecule has 2 amide bonds. The molecular formula is C27H33ClN4O4. The van der Waals surface area contributed by atoms with Gasteiger partial charge in [-0.3, -0.25) is 19.8 Å². The van der Waals surface area contributed by atoms with Crippen LogP contribution in [-0.2, 0) is 14.3 Å². The van der Waals surface area contributed by atoms with Crippen LogP contribution in [-0.4, -0.2) is 54.3 Å². The van der Waals surface area contributed by atoms with E-state index in [-0.39, 0.29) is 29.5 Å². The van der Waals surface area contributed by atoms with Crippen molar-refractivity contribution in [2.24, 2.45) is 11.7 Å². The summed E-state index contributed by atoms with van der Waals surface area (Å²) >= 11 is 6.27. The zero-order valence-corrected chi connectivity index (χ0v) is 21.6. The maximum absolute atomic E-state index is 13.9. The van der Waals surface area contributed by atoms with Gasteiger partial charge in [0.1, 0.15) is 5.84 Å². The lowest BCUT2D eigenvalue weighted by atomic mass is 9.79. The van der Waals surface area contributed by atoms with Gasteiger partial charge < -0.3 is 20.7 Å². The van der Waals surface area contributed by atoms with E-state index in [4.69, 9.17) is 27.5 Å². The van der Waals surface area contributed by atoms with Crippen molar-refractivity contribution >= 4 is 35.2 Å². The second-order valence-electron chi connectivity index (χ2n) is 9.70. The molecule has 0 aromatic heterocycles. The Hall–Kier alpha value is -3.39. The number of carbonyl (C=O) groups excluding carboxylic acids is 3. The van der Waals surface area contributed by atoms with Gasteiger partial charge in [-0.15, -0.1) is 0 Å². The van der Waals surface area contributed by atoms with Gasteiger partial charge in [-0.2, -0.15) is 0 Å². The quantitative estimate of drug-likeness (QED) is 0.282. The Balaban J connectivity index is 1.82. The lowest BCUT2D eigenvalue weighted by molar-refractivity contribution is -0.142. The summed E-state index contributed by atoms with van der Waals surface area (Å²) in [6.45, 7) is 4.69. The minimum Gasteiger partial charge on any atom is -0.469 e. The van der Waals surface area contributed by atoms with Crippen molar-refractivity contribution in [1.82, 2.24) is 10.2 Å². The Bertz CT molecular complexity index is 1120. The first-order valence-corrected chi connectivity index (χ1v) is 12.3.